The van der Waals surface area contributed by atoms with Gasteiger partial charge in [-0.1, -0.05) is 6.07 Å². The van der Waals surface area contributed by atoms with E-state index in [2.05, 4.69) is 34.4 Å². The van der Waals surface area contributed by atoms with Gasteiger partial charge in [0.2, 0.25) is 0 Å². The Morgan fingerprint density at radius 2 is 1.93 bits per heavy atom. The summed E-state index contributed by atoms with van der Waals surface area (Å²) in [4.78, 5) is 6.66. The van der Waals surface area contributed by atoms with Crippen molar-refractivity contribution in [2.45, 2.75) is 57.6 Å². The number of guanidine groups is 1. The van der Waals surface area contributed by atoms with Gasteiger partial charge in [0.05, 0.1) is 13.2 Å². The molecule has 1 aromatic carbocycles. The van der Waals surface area contributed by atoms with Gasteiger partial charge in [-0.15, -0.1) is 0 Å². The number of ether oxygens (including phenoxy) is 3. The fraction of sp³-hybridized carbons (Fsp3) is 0.696. The summed E-state index contributed by atoms with van der Waals surface area (Å²) in [6, 6.07) is 6.20. The number of benzene rings is 1. The minimum absolute atomic E-state index is 0.330. The van der Waals surface area contributed by atoms with Crippen LogP contribution < -0.4 is 14.8 Å². The molecule has 0 atom stereocenters. The zero-order chi connectivity index (χ0) is 20.5. The molecule has 2 aliphatic rings. The smallest absolute Gasteiger partial charge is 0.193 e. The van der Waals surface area contributed by atoms with Gasteiger partial charge >= 0.3 is 0 Å². The molecule has 0 bridgehead atoms. The van der Waals surface area contributed by atoms with Crippen molar-refractivity contribution in [3.8, 4) is 11.5 Å². The molecular weight excluding hydrogens is 366 g/mol. The van der Waals surface area contributed by atoms with E-state index in [-0.39, 0.29) is 0 Å². The van der Waals surface area contributed by atoms with E-state index in [1.807, 2.05) is 13.1 Å². The average Bonchev–Trinajstić information content (AvgIpc) is 3.27. The van der Waals surface area contributed by atoms with Crippen LogP contribution in [0.5, 0.6) is 11.5 Å². The average molecular weight is 404 g/mol. The third-order valence-corrected chi connectivity index (χ3v) is 6.06. The lowest BCUT2D eigenvalue weighted by Gasteiger charge is -2.27. The third kappa shape index (κ3) is 6.53. The second-order valence-corrected chi connectivity index (χ2v) is 8.18. The zero-order valence-corrected chi connectivity index (χ0v) is 18.3. The molecule has 1 aliphatic carbocycles. The SMILES string of the molecule is CN=C(NCc1ccc(OC2CCCC2)c(OC)c1)N(C)CCC1CCOCC1. The maximum atomic E-state index is 6.14. The highest BCUT2D eigenvalue weighted by Crippen LogP contribution is 2.32. The van der Waals surface area contributed by atoms with Crippen molar-refractivity contribution in [1.29, 1.82) is 0 Å². The minimum Gasteiger partial charge on any atom is -0.493 e. The van der Waals surface area contributed by atoms with Crippen LogP contribution in [0.15, 0.2) is 23.2 Å². The molecule has 1 aromatic rings. The third-order valence-electron chi connectivity index (χ3n) is 6.06. The van der Waals surface area contributed by atoms with Crippen molar-refractivity contribution in [3.63, 3.8) is 0 Å². The topological polar surface area (TPSA) is 55.3 Å². The number of rotatable bonds is 8. The maximum absolute atomic E-state index is 6.14. The fourth-order valence-corrected chi connectivity index (χ4v) is 4.19. The van der Waals surface area contributed by atoms with Gasteiger partial charge in [0.1, 0.15) is 0 Å². The Bertz CT molecular complexity index is 653. The van der Waals surface area contributed by atoms with Crippen LogP contribution in [-0.2, 0) is 11.3 Å². The van der Waals surface area contributed by atoms with Crippen LogP contribution in [-0.4, -0.2) is 57.9 Å². The molecule has 2 fully saturated rings. The Hall–Kier alpha value is -1.95. The Kier molecular flexibility index (Phi) is 8.47. The lowest BCUT2D eigenvalue weighted by atomic mass is 9.96. The van der Waals surface area contributed by atoms with Crippen LogP contribution in [0, 0.1) is 5.92 Å². The minimum atomic E-state index is 0.330. The predicted octanol–water partition coefficient (Wildman–Crippen LogP) is 3.84. The quantitative estimate of drug-likeness (QED) is 0.528. The van der Waals surface area contributed by atoms with Crippen molar-refractivity contribution in [3.05, 3.63) is 23.8 Å². The van der Waals surface area contributed by atoms with E-state index in [1.165, 1.54) is 32.1 Å². The Balaban J connectivity index is 1.50. The van der Waals surface area contributed by atoms with Gasteiger partial charge < -0.3 is 24.4 Å². The van der Waals surface area contributed by atoms with Crippen LogP contribution >= 0.6 is 0 Å². The van der Waals surface area contributed by atoms with E-state index < -0.39 is 0 Å². The van der Waals surface area contributed by atoms with Crippen molar-refractivity contribution in [1.82, 2.24) is 10.2 Å². The highest BCUT2D eigenvalue weighted by Gasteiger charge is 2.19. The van der Waals surface area contributed by atoms with Gasteiger partial charge in [0.25, 0.3) is 0 Å². The monoisotopic (exact) mass is 403 g/mol. The number of hydrogen-bond acceptors (Lipinski definition) is 4. The van der Waals surface area contributed by atoms with Crippen molar-refractivity contribution in [2.24, 2.45) is 10.9 Å². The molecule has 6 nitrogen and oxygen atoms in total. The molecule has 1 aliphatic heterocycles. The molecule has 3 rings (SSSR count). The van der Waals surface area contributed by atoms with Crippen LogP contribution in [0.2, 0.25) is 0 Å². The summed E-state index contributed by atoms with van der Waals surface area (Å²) in [5, 5.41) is 3.47. The summed E-state index contributed by atoms with van der Waals surface area (Å²) in [6.45, 7) is 3.52. The van der Waals surface area contributed by atoms with Crippen LogP contribution in [0.1, 0.15) is 50.5 Å². The van der Waals surface area contributed by atoms with Crippen LogP contribution in [0.3, 0.4) is 0 Å². The van der Waals surface area contributed by atoms with Gasteiger partial charge in [-0.3, -0.25) is 4.99 Å². The number of methoxy groups -OCH3 is 1. The van der Waals surface area contributed by atoms with Gasteiger partial charge in [-0.2, -0.15) is 0 Å². The molecule has 1 saturated heterocycles. The predicted molar refractivity (Wildman–Crippen MR) is 117 cm³/mol. The highest BCUT2D eigenvalue weighted by atomic mass is 16.5. The van der Waals surface area contributed by atoms with Gasteiger partial charge in [-0.25, -0.2) is 0 Å². The molecule has 0 aromatic heterocycles. The summed E-state index contributed by atoms with van der Waals surface area (Å²) in [7, 11) is 5.65. The van der Waals surface area contributed by atoms with E-state index in [0.717, 1.165) is 61.5 Å². The van der Waals surface area contributed by atoms with Crippen molar-refractivity contribution in [2.75, 3.05) is 41.0 Å². The number of aliphatic imine (C=N–C) groups is 1. The fourth-order valence-electron chi connectivity index (χ4n) is 4.19. The molecule has 0 unspecified atom stereocenters. The summed E-state index contributed by atoms with van der Waals surface area (Å²) < 4.78 is 17.2. The van der Waals surface area contributed by atoms with Gasteiger partial charge in [-0.05, 0) is 68.6 Å². The molecule has 162 valence electrons. The molecule has 6 heteroatoms. The van der Waals surface area contributed by atoms with E-state index >= 15 is 0 Å². The number of nitrogens with one attached hydrogen (secondary N) is 1. The first-order valence-corrected chi connectivity index (χ1v) is 11.0. The molecule has 1 N–H and O–H groups in total. The van der Waals surface area contributed by atoms with E-state index in [1.54, 1.807) is 7.11 Å². The normalized spacial score (nSPS) is 18.7. The molecule has 29 heavy (non-hydrogen) atoms. The van der Waals surface area contributed by atoms with Crippen molar-refractivity contribution < 1.29 is 14.2 Å². The highest BCUT2D eigenvalue weighted by molar-refractivity contribution is 5.79. The van der Waals surface area contributed by atoms with E-state index in [4.69, 9.17) is 14.2 Å². The largest absolute Gasteiger partial charge is 0.493 e. The lowest BCUT2D eigenvalue weighted by Crippen LogP contribution is -2.39. The second kappa shape index (κ2) is 11.3. The Morgan fingerprint density at radius 1 is 1.17 bits per heavy atom. The first-order chi connectivity index (χ1) is 14.2. The Labute approximate surface area is 175 Å². The standard InChI is InChI=1S/C23H37N3O3/c1-24-23(26(2)13-10-18-11-14-28-15-12-18)25-17-19-8-9-21(22(16-19)27-3)29-20-6-4-5-7-20/h8-9,16,18,20H,4-7,10-15,17H2,1-3H3,(H,24,25). The van der Waals surface area contributed by atoms with Gasteiger partial charge in [0, 0.05) is 40.4 Å². The number of hydrogen-bond donors (Lipinski definition) is 1. The lowest BCUT2D eigenvalue weighted by molar-refractivity contribution is 0.0625. The zero-order valence-electron chi connectivity index (χ0n) is 18.3. The first-order valence-electron chi connectivity index (χ1n) is 11.0. The summed E-state index contributed by atoms with van der Waals surface area (Å²) in [6.07, 6.45) is 8.67. The maximum Gasteiger partial charge on any atom is 0.193 e. The van der Waals surface area contributed by atoms with E-state index in [9.17, 15) is 0 Å². The molecule has 0 spiro atoms. The first kappa shape index (κ1) is 21.8. The summed E-state index contributed by atoms with van der Waals surface area (Å²) in [5.41, 5.74) is 1.15. The summed E-state index contributed by atoms with van der Waals surface area (Å²) >= 11 is 0. The molecule has 0 amide bonds. The van der Waals surface area contributed by atoms with Crippen LogP contribution in [0.4, 0.5) is 0 Å². The second-order valence-electron chi connectivity index (χ2n) is 8.18. The Morgan fingerprint density at radius 3 is 2.62 bits per heavy atom. The molecule has 1 saturated carbocycles. The molecule has 1 heterocycles. The number of nitrogens with zero attached hydrogens (tertiary/aromatic N) is 2. The van der Waals surface area contributed by atoms with Crippen LogP contribution in [0.25, 0.3) is 0 Å². The van der Waals surface area contributed by atoms with Gasteiger partial charge in [0.15, 0.2) is 17.5 Å². The molecular formula is C23H37N3O3. The molecule has 0 radical (unpaired) electrons. The summed E-state index contributed by atoms with van der Waals surface area (Å²) in [5.74, 6) is 3.34. The van der Waals surface area contributed by atoms with E-state index in [0.29, 0.717) is 12.6 Å². The van der Waals surface area contributed by atoms with Crippen molar-refractivity contribution >= 4 is 5.96 Å².